The van der Waals surface area contributed by atoms with Gasteiger partial charge in [0.15, 0.2) is 6.10 Å². The van der Waals surface area contributed by atoms with Crippen LogP contribution < -0.4 is 15.0 Å². The lowest BCUT2D eigenvalue weighted by Gasteiger charge is -2.35. The van der Waals surface area contributed by atoms with Gasteiger partial charge in [-0.2, -0.15) is 4.31 Å². The van der Waals surface area contributed by atoms with Crippen LogP contribution in [-0.2, 0) is 32.7 Å². The van der Waals surface area contributed by atoms with E-state index in [0.717, 1.165) is 16.7 Å². The number of rotatable bonds is 9. The largest absolute Gasteiger partial charge is 0.477 e. The first kappa shape index (κ1) is 30.0. The lowest BCUT2D eigenvalue weighted by Crippen LogP contribution is -2.52. The van der Waals surface area contributed by atoms with Crippen molar-refractivity contribution in [2.45, 2.75) is 44.9 Å². The monoisotopic (exact) mass is 597 g/mol. The number of para-hydroxylation sites is 2. The van der Waals surface area contributed by atoms with E-state index in [-0.39, 0.29) is 23.9 Å². The highest BCUT2D eigenvalue weighted by Crippen LogP contribution is 2.34. The van der Waals surface area contributed by atoms with Crippen molar-refractivity contribution in [2.24, 2.45) is 0 Å². The minimum atomic E-state index is -4.08. The number of carbonyl (C=O) groups is 2. The lowest BCUT2D eigenvalue weighted by atomic mass is 10.1. The molecule has 4 aromatic rings. The van der Waals surface area contributed by atoms with Crippen molar-refractivity contribution in [1.29, 1.82) is 0 Å². The summed E-state index contributed by atoms with van der Waals surface area (Å²) in [6.07, 6.45) is -0.969. The predicted molar refractivity (Wildman–Crippen MR) is 166 cm³/mol. The van der Waals surface area contributed by atoms with Gasteiger partial charge in [0.2, 0.25) is 15.9 Å². The molecule has 2 amide bonds. The molecule has 0 aliphatic carbocycles. The summed E-state index contributed by atoms with van der Waals surface area (Å²) in [6.45, 7) is 5.31. The molecule has 4 aromatic carbocycles. The van der Waals surface area contributed by atoms with Crippen molar-refractivity contribution < 1.29 is 22.7 Å². The molecule has 0 aromatic heterocycles. The molecule has 1 aliphatic heterocycles. The van der Waals surface area contributed by atoms with Crippen LogP contribution in [0, 0.1) is 20.8 Å². The van der Waals surface area contributed by atoms with Crippen molar-refractivity contribution in [3.05, 3.63) is 125 Å². The Bertz CT molecular complexity index is 1700. The Morgan fingerprint density at radius 1 is 0.860 bits per heavy atom. The maximum Gasteiger partial charge on any atom is 0.263 e. The number of amides is 2. The number of nitrogens with zero attached hydrogens (tertiary/aromatic N) is 2. The molecule has 0 fully saturated rings. The van der Waals surface area contributed by atoms with Crippen molar-refractivity contribution in [1.82, 2.24) is 9.62 Å². The normalized spacial score (nSPS) is 14.6. The van der Waals surface area contributed by atoms with Crippen LogP contribution in [0.3, 0.4) is 0 Å². The van der Waals surface area contributed by atoms with Crippen molar-refractivity contribution >= 4 is 27.5 Å². The second-order valence-corrected chi connectivity index (χ2v) is 12.6. The fourth-order valence-electron chi connectivity index (χ4n) is 5.46. The molecule has 0 radical (unpaired) electrons. The molecule has 0 bridgehead atoms. The van der Waals surface area contributed by atoms with Gasteiger partial charge in [-0.05, 0) is 55.2 Å². The van der Waals surface area contributed by atoms with Crippen molar-refractivity contribution in [2.75, 3.05) is 18.0 Å². The lowest BCUT2D eigenvalue weighted by molar-refractivity contribution is -0.128. The van der Waals surface area contributed by atoms with E-state index in [0.29, 0.717) is 29.1 Å². The SMILES string of the molecule is Cc1cc(C)c(S(=O)(=O)N(CC(=O)N2C[C@@H](C(=O)NCc3ccccc3)Oc3ccccc32)Cc2ccccc2)c(C)c1. The number of fused-ring (bicyclic) bond motifs is 1. The number of nitrogens with one attached hydrogen (secondary N) is 1. The molecular formula is C34H35N3O5S. The van der Waals surface area contributed by atoms with E-state index in [2.05, 4.69) is 5.32 Å². The van der Waals surface area contributed by atoms with Crippen molar-refractivity contribution in [3.8, 4) is 5.75 Å². The molecular weight excluding hydrogens is 562 g/mol. The molecule has 1 atom stereocenters. The molecule has 9 heteroatoms. The van der Waals surface area contributed by atoms with E-state index in [4.69, 9.17) is 4.74 Å². The molecule has 1 heterocycles. The fourth-order valence-corrected chi connectivity index (χ4v) is 7.25. The van der Waals surface area contributed by atoms with Crippen LogP contribution in [0.5, 0.6) is 5.75 Å². The van der Waals surface area contributed by atoms with Crippen LogP contribution in [-0.4, -0.2) is 43.7 Å². The predicted octanol–water partition coefficient (Wildman–Crippen LogP) is 4.91. The van der Waals surface area contributed by atoms with Crippen LogP contribution in [0.15, 0.2) is 102 Å². The number of hydrogen-bond donors (Lipinski definition) is 1. The smallest absolute Gasteiger partial charge is 0.263 e. The van der Waals surface area contributed by atoms with E-state index in [9.17, 15) is 18.0 Å². The fraction of sp³-hybridized carbons (Fsp3) is 0.235. The van der Waals surface area contributed by atoms with Crippen LogP contribution >= 0.6 is 0 Å². The van der Waals surface area contributed by atoms with Gasteiger partial charge in [-0.3, -0.25) is 9.59 Å². The molecule has 5 rings (SSSR count). The van der Waals surface area contributed by atoms with E-state index in [1.165, 1.54) is 9.21 Å². The van der Waals surface area contributed by atoms with E-state index in [1.807, 2.05) is 79.7 Å². The second-order valence-electron chi connectivity index (χ2n) is 10.8. The number of anilines is 1. The molecule has 1 N–H and O–H groups in total. The van der Waals surface area contributed by atoms with Gasteiger partial charge in [0.25, 0.3) is 5.91 Å². The number of ether oxygens (including phenoxy) is 1. The zero-order valence-corrected chi connectivity index (χ0v) is 25.3. The highest BCUT2D eigenvalue weighted by atomic mass is 32.2. The topological polar surface area (TPSA) is 96.0 Å². The quantitative estimate of drug-likeness (QED) is 0.296. The maximum atomic E-state index is 14.2. The summed E-state index contributed by atoms with van der Waals surface area (Å²) in [5, 5.41) is 2.89. The Labute approximate surface area is 253 Å². The number of sulfonamides is 1. The molecule has 8 nitrogen and oxygen atoms in total. The average Bonchev–Trinajstić information content (AvgIpc) is 2.99. The maximum absolute atomic E-state index is 14.2. The van der Waals surface area contributed by atoms with Crippen LogP contribution in [0.4, 0.5) is 5.69 Å². The molecule has 0 saturated carbocycles. The van der Waals surface area contributed by atoms with E-state index >= 15 is 0 Å². The standard InChI is InChI=1S/C34H35N3O5S/c1-24-18-25(2)33(26(3)19-24)43(40,41)36(21-28-14-8-5-9-15-28)23-32(38)37-22-31(42-30-17-11-10-16-29(30)37)34(39)35-20-27-12-6-4-7-13-27/h4-19,31H,20-23H2,1-3H3,(H,35,39)/t31-/m0/s1. The van der Waals surface area contributed by atoms with Gasteiger partial charge >= 0.3 is 0 Å². The molecule has 0 saturated heterocycles. The van der Waals surface area contributed by atoms with Gasteiger partial charge in [0.1, 0.15) is 5.75 Å². The Balaban J connectivity index is 1.44. The first-order valence-corrected chi connectivity index (χ1v) is 15.6. The van der Waals surface area contributed by atoms with Gasteiger partial charge in [-0.25, -0.2) is 8.42 Å². The summed E-state index contributed by atoms with van der Waals surface area (Å²) in [4.78, 5) is 28.9. The first-order chi connectivity index (χ1) is 20.6. The number of carbonyl (C=O) groups excluding carboxylic acids is 2. The van der Waals surface area contributed by atoms with E-state index < -0.39 is 28.6 Å². The highest BCUT2D eigenvalue weighted by Gasteiger charge is 2.37. The zero-order chi connectivity index (χ0) is 30.6. The van der Waals surface area contributed by atoms with Crippen LogP contribution in [0.1, 0.15) is 27.8 Å². The summed E-state index contributed by atoms with van der Waals surface area (Å²) in [5.74, 6) is -0.445. The number of hydrogen-bond acceptors (Lipinski definition) is 5. The third-order valence-electron chi connectivity index (χ3n) is 7.39. The number of aryl methyl sites for hydroxylation is 3. The Morgan fingerprint density at radius 3 is 2.09 bits per heavy atom. The molecule has 1 aliphatic rings. The summed E-state index contributed by atoms with van der Waals surface area (Å²) in [5.41, 5.74) is 4.37. The highest BCUT2D eigenvalue weighted by molar-refractivity contribution is 7.89. The van der Waals surface area contributed by atoms with Gasteiger partial charge in [0.05, 0.1) is 23.7 Å². The zero-order valence-electron chi connectivity index (χ0n) is 24.5. The Hall–Kier alpha value is -4.47. The Kier molecular flexibility index (Phi) is 8.94. The first-order valence-electron chi connectivity index (χ1n) is 14.1. The number of benzene rings is 4. The molecule has 43 heavy (non-hydrogen) atoms. The summed E-state index contributed by atoms with van der Waals surface area (Å²) >= 11 is 0. The van der Waals surface area contributed by atoms with Gasteiger partial charge in [0, 0.05) is 13.1 Å². The minimum absolute atomic E-state index is 0.00858. The van der Waals surface area contributed by atoms with Gasteiger partial charge < -0.3 is 15.0 Å². The third kappa shape index (κ3) is 6.79. The van der Waals surface area contributed by atoms with E-state index in [1.54, 1.807) is 38.1 Å². The summed E-state index contributed by atoms with van der Waals surface area (Å²) < 4.78 is 35.6. The third-order valence-corrected chi connectivity index (χ3v) is 9.49. The summed E-state index contributed by atoms with van der Waals surface area (Å²) in [6, 6.07) is 29.3. The minimum Gasteiger partial charge on any atom is -0.477 e. The summed E-state index contributed by atoms with van der Waals surface area (Å²) in [7, 11) is -4.08. The molecule has 222 valence electrons. The molecule has 0 unspecified atom stereocenters. The Morgan fingerprint density at radius 2 is 1.44 bits per heavy atom. The molecule has 0 spiro atoms. The average molecular weight is 598 g/mol. The van der Waals surface area contributed by atoms with Crippen LogP contribution in [0.2, 0.25) is 0 Å². The second kappa shape index (κ2) is 12.8. The van der Waals surface area contributed by atoms with Crippen LogP contribution in [0.25, 0.3) is 0 Å². The van der Waals surface area contributed by atoms with Gasteiger partial charge in [-0.15, -0.1) is 0 Å². The van der Waals surface area contributed by atoms with Gasteiger partial charge in [-0.1, -0.05) is 90.5 Å². The van der Waals surface area contributed by atoms with Crippen molar-refractivity contribution in [3.63, 3.8) is 0 Å².